The molecule has 0 bridgehead atoms. The van der Waals surface area contributed by atoms with E-state index in [9.17, 15) is 0 Å². The molecule has 0 amide bonds. The zero-order valence-corrected chi connectivity index (χ0v) is 12.9. The zero-order valence-electron chi connectivity index (χ0n) is 12.9. The summed E-state index contributed by atoms with van der Waals surface area (Å²) in [4.78, 5) is 0. The summed E-state index contributed by atoms with van der Waals surface area (Å²) >= 11 is 0. The van der Waals surface area contributed by atoms with Crippen LogP contribution in [0.2, 0.25) is 0 Å². The van der Waals surface area contributed by atoms with Crippen molar-refractivity contribution in [3.05, 3.63) is 18.0 Å². The third-order valence-electron chi connectivity index (χ3n) is 4.81. The van der Waals surface area contributed by atoms with Crippen LogP contribution in [-0.2, 0) is 7.05 Å². The van der Waals surface area contributed by atoms with E-state index < -0.39 is 0 Å². The van der Waals surface area contributed by atoms with Crippen LogP contribution in [0, 0.1) is 17.8 Å². The van der Waals surface area contributed by atoms with Crippen molar-refractivity contribution in [2.75, 3.05) is 6.54 Å². The summed E-state index contributed by atoms with van der Waals surface area (Å²) in [7, 11) is 2.01. The largest absolute Gasteiger partial charge is 0.310 e. The van der Waals surface area contributed by atoms with Gasteiger partial charge in [-0.2, -0.15) is 5.10 Å². The lowest BCUT2D eigenvalue weighted by atomic mass is 9.72. The van der Waals surface area contributed by atoms with Crippen molar-refractivity contribution in [3.63, 3.8) is 0 Å². The number of hydrogen-bond acceptors (Lipinski definition) is 2. The van der Waals surface area contributed by atoms with Crippen LogP contribution in [0.1, 0.15) is 58.1 Å². The fourth-order valence-corrected chi connectivity index (χ4v) is 3.35. The maximum Gasteiger partial charge on any atom is 0.0537 e. The second-order valence-electron chi connectivity index (χ2n) is 6.41. The van der Waals surface area contributed by atoms with Crippen LogP contribution in [0.25, 0.3) is 0 Å². The van der Waals surface area contributed by atoms with Gasteiger partial charge < -0.3 is 5.32 Å². The molecule has 1 saturated carbocycles. The fourth-order valence-electron chi connectivity index (χ4n) is 3.35. The first-order valence-corrected chi connectivity index (χ1v) is 7.83. The van der Waals surface area contributed by atoms with Crippen LogP contribution >= 0.6 is 0 Å². The van der Waals surface area contributed by atoms with Gasteiger partial charge in [0.1, 0.15) is 0 Å². The Morgan fingerprint density at radius 1 is 1.37 bits per heavy atom. The Bertz CT molecular complexity index is 385. The monoisotopic (exact) mass is 263 g/mol. The molecule has 0 saturated heterocycles. The summed E-state index contributed by atoms with van der Waals surface area (Å²) in [5.41, 5.74) is 1.36. The van der Waals surface area contributed by atoms with E-state index in [1.807, 2.05) is 17.9 Å². The highest BCUT2D eigenvalue weighted by molar-refractivity contribution is 5.12. The van der Waals surface area contributed by atoms with E-state index in [0.717, 1.165) is 24.3 Å². The Morgan fingerprint density at radius 2 is 2.16 bits per heavy atom. The third-order valence-corrected chi connectivity index (χ3v) is 4.81. The van der Waals surface area contributed by atoms with Gasteiger partial charge in [0.05, 0.1) is 6.20 Å². The lowest BCUT2D eigenvalue weighted by Gasteiger charge is -2.37. The van der Waals surface area contributed by atoms with Crippen molar-refractivity contribution in [3.8, 4) is 0 Å². The molecule has 3 nitrogen and oxygen atoms in total. The van der Waals surface area contributed by atoms with E-state index in [0.29, 0.717) is 6.04 Å². The Kier molecular flexibility index (Phi) is 5.03. The second-order valence-corrected chi connectivity index (χ2v) is 6.41. The van der Waals surface area contributed by atoms with Gasteiger partial charge in [0, 0.05) is 24.8 Å². The normalized spacial score (nSPS) is 29.4. The van der Waals surface area contributed by atoms with Gasteiger partial charge in [-0.05, 0) is 43.6 Å². The Labute approximate surface area is 117 Å². The van der Waals surface area contributed by atoms with Crippen LogP contribution < -0.4 is 5.32 Å². The molecule has 0 spiro atoms. The van der Waals surface area contributed by atoms with E-state index in [4.69, 9.17) is 0 Å². The molecule has 4 unspecified atom stereocenters. The maximum atomic E-state index is 4.35. The first kappa shape index (κ1) is 14.6. The van der Waals surface area contributed by atoms with E-state index in [1.165, 1.54) is 31.2 Å². The predicted octanol–water partition coefficient (Wildman–Crippen LogP) is 3.53. The summed E-state index contributed by atoms with van der Waals surface area (Å²) in [6.45, 7) is 8.15. The number of rotatable bonds is 5. The smallest absolute Gasteiger partial charge is 0.0537 e. The predicted molar refractivity (Wildman–Crippen MR) is 79.9 cm³/mol. The Balaban J connectivity index is 2.09. The third kappa shape index (κ3) is 3.59. The number of nitrogens with zero attached hydrogens (tertiary/aromatic N) is 2. The van der Waals surface area contributed by atoms with Gasteiger partial charge in [-0.25, -0.2) is 0 Å². The minimum atomic E-state index is 0.489. The van der Waals surface area contributed by atoms with Gasteiger partial charge in [0.15, 0.2) is 0 Å². The Morgan fingerprint density at radius 3 is 2.74 bits per heavy atom. The first-order valence-electron chi connectivity index (χ1n) is 7.83. The number of aromatic nitrogens is 2. The van der Waals surface area contributed by atoms with Crippen molar-refractivity contribution in [2.45, 2.75) is 52.5 Å². The average molecular weight is 263 g/mol. The van der Waals surface area contributed by atoms with Crippen molar-refractivity contribution in [2.24, 2.45) is 24.8 Å². The van der Waals surface area contributed by atoms with E-state index in [-0.39, 0.29) is 0 Å². The van der Waals surface area contributed by atoms with E-state index in [1.54, 1.807) is 0 Å². The molecule has 1 aromatic rings. The zero-order chi connectivity index (χ0) is 13.8. The summed E-state index contributed by atoms with van der Waals surface area (Å²) in [5.74, 6) is 2.50. The van der Waals surface area contributed by atoms with Gasteiger partial charge in [-0.1, -0.05) is 27.2 Å². The molecule has 0 aromatic carbocycles. The van der Waals surface area contributed by atoms with Gasteiger partial charge in [0.2, 0.25) is 0 Å². The number of nitrogens with one attached hydrogen (secondary N) is 1. The number of hydrogen-bond donors (Lipinski definition) is 1. The molecule has 3 heteroatoms. The van der Waals surface area contributed by atoms with Crippen molar-refractivity contribution in [1.29, 1.82) is 0 Å². The molecular formula is C16H29N3. The van der Waals surface area contributed by atoms with Gasteiger partial charge in [0.25, 0.3) is 0 Å². The molecule has 1 fully saturated rings. The van der Waals surface area contributed by atoms with Crippen LogP contribution in [-0.4, -0.2) is 16.3 Å². The summed E-state index contributed by atoms with van der Waals surface area (Å²) < 4.78 is 1.92. The highest BCUT2D eigenvalue weighted by Crippen LogP contribution is 2.39. The van der Waals surface area contributed by atoms with Crippen molar-refractivity contribution in [1.82, 2.24) is 15.1 Å². The molecule has 2 rings (SSSR count). The molecule has 4 atom stereocenters. The van der Waals surface area contributed by atoms with Crippen LogP contribution in [0.15, 0.2) is 12.4 Å². The maximum absolute atomic E-state index is 4.35. The molecule has 1 aliphatic carbocycles. The summed E-state index contributed by atoms with van der Waals surface area (Å²) in [6, 6.07) is 0.489. The van der Waals surface area contributed by atoms with E-state index >= 15 is 0 Å². The minimum absolute atomic E-state index is 0.489. The Hall–Kier alpha value is -0.830. The molecule has 19 heavy (non-hydrogen) atoms. The van der Waals surface area contributed by atoms with Crippen LogP contribution in [0.5, 0.6) is 0 Å². The molecule has 0 radical (unpaired) electrons. The molecule has 0 aliphatic heterocycles. The first-order chi connectivity index (χ1) is 9.11. The molecule has 108 valence electrons. The standard InChI is InChI=1S/C16H29N3/c1-5-8-17-16(15-10-18-19(4)11-15)14-7-6-12(2)13(3)9-14/h10-14,16-17H,5-9H2,1-4H3. The van der Waals surface area contributed by atoms with E-state index in [2.05, 4.69) is 37.4 Å². The molecule has 1 N–H and O–H groups in total. The SMILES string of the molecule is CCCNC(c1cnn(C)c1)C1CCC(C)C(C)C1. The summed E-state index contributed by atoms with van der Waals surface area (Å²) in [5, 5.41) is 8.10. The van der Waals surface area contributed by atoms with Crippen molar-refractivity contribution < 1.29 is 0 Å². The lowest BCUT2D eigenvalue weighted by molar-refractivity contribution is 0.171. The van der Waals surface area contributed by atoms with Gasteiger partial charge in [-0.15, -0.1) is 0 Å². The molecule has 1 heterocycles. The average Bonchev–Trinajstić information content (AvgIpc) is 2.80. The second kappa shape index (κ2) is 6.56. The molecule has 1 aliphatic rings. The number of aryl methyl sites for hydroxylation is 1. The highest BCUT2D eigenvalue weighted by atomic mass is 15.2. The van der Waals surface area contributed by atoms with Gasteiger partial charge in [-0.3, -0.25) is 4.68 Å². The molecule has 1 aromatic heterocycles. The van der Waals surface area contributed by atoms with Crippen LogP contribution in [0.4, 0.5) is 0 Å². The van der Waals surface area contributed by atoms with Crippen LogP contribution in [0.3, 0.4) is 0 Å². The minimum Gasteiger partial charge on any atom is -0.310 e. The van der Waals surface area contributed by atoms with Crippen molar-refractivity contribution >= 4 is 0 Å². The quantitative estimate of drug-likeness (QED) is 0.880. The topological polar surface area (TPSA) is 29.9 Å². The van der Waals surface area contributed by atoms with Gasteiger partial charge >= 0.3 is 0 Å². The summed E-state index contributed by atoms with van der Waals surface area (Å²) in [6.07, 6.45) is 9.47. The fraction of sp³-hybridized carbons (Fsp3) is 0.812. The highest BCUT2D eigenvalue weighted by Gasteiger charge is 2.31. The lowest BCUT2D eigenvalue weighted by Crippen LogP contribution is -2.33. The molecular weight excluding hydrogens is 234 g/mol.